The van der Waals surface area contributed by atoms with Crippen molar-refractivity contribution in [3.05, 3.63) is 127 Å². The fourth-order valence-electron chi connectivity index (χ4n) is 3.29. The van der Waals surface area contributed by atoms with Crippen molar-refractivity contribution in [2.45, 2.75) is 12.4 Å². The zero-order valence-corrected chi connectivity index (χ0v) is 24.6. The van der Waals surface area contributed by atoms with Gasteiger partial charge in [-0.25, -0.2) is 8.78 Å². The minimum absolute atomic E-state index is 0. The third-order valence-corrected chi connectivity index (χ3v) is 5.25. The van der Waals surface area contributed by atoms with Gasteiger partial charge in [-0.3, -0.25) is 0 Å². The molecule has 0 radical (unpaired) electrons. The number of nitrogens with one attached hydrogen (secondary N) is 2. The molecule has 0 spiro atoms. The van der Waals surface area contributed by atoms with E-state index in [9.17, 15) is 35.1 Å². The van der Waals surface area contributed by atoms with Gasteiger partial charge in [0.25, 0.3) is 0 Å². The van der Waals surface area contributed by atoms with E-state index < -0.39 is 35.4 Å². The van der Waals surface area contributed by atoms with Crippen LogP contribution in [0, 0.1) is 30.0 Å². The largest absolute Gasteiger partial charge is 3.00 e. The number of pyridine rings is 3. The van der Waals surface area contributed by atoms with Gasteiger partial charge in [-0.15, -0.1) is 29.8 Å². The van der Waals surface area contributed by atoms with Gasteiger partial charge in [0.15, 0.2) is 0 Å². The number of nitrogens with zero attached hydrogens (tertiary/aromatic N) is 5. The molecule has 0 aliphatic rings. The first-order valence-corrected chi connectivity index (χ1v) is 12.1. The predicted octanol–water partition coefficient (Wildman–Crippen LogP) is 7.41. The maximum atomic E-state index is 13.2. The molecule has 6 rings (SSSR count). The molecule has 16 heteroatoms. The van der Waals surface area contributed by atoms with Crippen molar-refractivity contribution in [3.8, 4) is 33.9 Å². The SMILES string of the molecule is FC(F)(F)c1[c-]c(-c2ccccn2)[nH]n1.FC(F)(F)c1[c-]c(-c2ccccn2)[nH]n1.Fc1ccc(-c2[c-]nccc2)c(F)c1.[Ir+3]. The molecule has 5 aromatic heterocycles. The first-order chi connectivity index (χ1) is 20.9. The zero-order valence-electron chi connectivity index (χ0n) is 22.2. The molecule has 232 valence electrons. The number of H-pyrrole nitrogens is 2. The zero-order chi connectivity index (χ0) is 31.7. The Labute approximate surface area is 263 Å². The average molecular weight is 807 g/mol. The van der Waals surface area contributed by atoms with Gasteiger partial charge in [0, 0.05) is 18.5 Å². The number of aromatic amines is 2. The Bertz CT molecular complexity index is 1670. The van der Waals surface area contributed by atoms with Crippen LogP contribution in [0.25, 0.3) is 33.9 Å². The summed E-state index contributed by atoms with van der Waals surface area (Å²) in [6.45, 7) is 0. The van der Waals surface area contributed by atoms with Gasteiger partial charge >= 0.3 is 32.5 Å². The molecule has 0 aliphatic heterocycles. The number of rotatable bonds is 3. The van der Waals surface area contributed by atoms with Crippen molar-refractivity contribution in [1.82, 2.24) is 35.3 Å². The van der Waals surface area contributed by atoms with Gasteiger partial charge in [-0.05, 0) is 24.4 Å². The maximum absolute atomic E-state index is 13.2. The molecule has 0 bridgehead atoms. The molecule has 0 atom stereocenters. The van der Waals surface area contributed by atoms with E-state index in [0.29, 0.717) is 22.5 Å². The normalized spacial score (nSPS) is 10.9. The number of benzene rings is 1. The second-order valence-corrected chi connectivity index (χ2v) is 8.36. The third kappa shape index (κ3) is 9.84. The van der Waals surface area contributed by atoms with Crippen molar-refractivity contribution >= 4 is 0 Å². The Balaban J connectivity index is 0.000000182. The van der Waals surface area contributed by atoms with Crippen molar-refractivity contribution in [2.24, 2.45) is 0 Å². The van der Waals surface area contributed by atoms with Gasteiger partial charge in [0.05, 0.1) is 17.2 Å². The van der Waals surface area contributed by atoms with Gasteiger partial charge in [-0.2, -0.15) is 48.7 Å². The minimum atomic E-state index is -4.48. The molecule has 0 saturated carbocycles. The number of hydrogen-bond acceptors (Lipinski definition) is 5. The fourth-order valence-corrected chi connectivity index (χ4v) is 3.29. The van der Waals surface area contributed by atoms with Crippen LogP contribution in [0.2, 0.25) is 0 Å². The molecule has 0 fully saturated rings. The second-order valence-electron chi connectivity index (χ2n) is 8.36. The van der Waals surface area contributed by atoms with Gasteiger partial charge in [-0.1, -0.05) is 52.7 Å². The summed E-state index contributed by atoms with van der Waals surface area (Å²) in [5, 5.41) is 10.7. The number of halogens is 8. The molecule has 1 aromatic carbocycles. The van der Waals surface area contributed by atoms with Crippen molar-refractivity contribution in [1.29, 1.82) is 0 Å². The van der Waals surface area contributed by atoms with E-state index in [-0.39, 0.29) is 31.5 Å². The molecule has 45 heavy (non-hydrogen) atoms. The van der Waals surface area contributed by atoms with Gasteiger partial charge in [0.2, 0.25) is 0 Å². The minimum Gasteiger partial charge on any atom is -0.360 e. The molecule has 0 amide bonds. The summed E-state index contributed by atoms with van der Waals surface area (Å²) in [5.41, 5.74) is -0.303. The van der Waals surface area contributed by atoms with E-state index in [0.717, 1.165) is 6.07 Å². The summed E-state index contributed by atoms with van der Waals surface area (Å²) in [5.74, 6) is -1.19. The number of aromatic nitrogens is 7. The maximum Gasteiger partial charge on any atom is 3.00 e. The summed E-state index contributed by atoms with van der Waals surface area (Å²) in [6, 6.07) is 20.8. The summed E-state index contributed by atoms with van der Waals surface area (Å²) >= 11 is 0. The van der Waals surface area contributed by atoms with Gasteiger partial charge in [0.1, 0.15) is 5.82 Å². The standard InChI is InChI=1S/C11H6F2N.2C9H5F3N3.Ir/c12-9-3-4-10(11(13)6-9)8-2-1-5-14-7-8;2*10-9(11,12)8-5-7(14-15-8)6-3-1-2-4-13-6;/h1-6H;2*1-4H,(H,14,15);/q3*-1;+3. The van der Waals surface area contributed by atoms with E-state index in [1.54, 1.807) is 54.7 Å². The molecular formula is C29H16F8IrN7. The van der Waals surface area contributed by atoms with Crippen LogP contribution in [0.15, 0.2) is 85.3 Å². The summed E-state index contributed by atoms with van der Waals surface area (Å²) in [6.07, 6.45) is -1.82. The van der Waals surface area contributed by atoms with Crippen molar-refractivity contribution in [2.75, 3.05) is 0 Å². The monoisotopic (exact) mass is 807 g/mol. The van der Waals surface area contributed by atoms with Crippen LogP contribution >= 0.6 is 0 Å². The first kappa shape index (κ1) is 34.7. The first-order valence-electron chi connectivity index (χ1n) is 12.1. The molecule has 7 nitrogen and oxygen atoms in total. The second kappa shape index (κ2) is 15.3. The van der Waals surface area contributed by atoms with E-state index in [2.05, 4.69) is 53.7 Å². The average Bonchev–Trinajstić information content (AvgIpc) is 3.71. The van der Waals surface area contributed by atoms with Crippen LogP contribution < -0.4 is 0 Å². The number of hydrogen-bond donors (Lipinski definition) is 2. The van der Waals surface area contributed by atoms with E-state index in [4.69, 9.17) is 0 Å². The molecule has 6 aromatic rings. The van der Waals surface area contributed by atoms with Crippen LogP contribution in [-0.4, -0.2) is 35.3 Å². The molecule has 0 aliphatic carbocycles. The van der Waals surface area contributed by atoms with E-state index in [1.807, 2.05) is 0 Å². The smallest absolute Gasteiger partial charge is 0.360 e. The molecular weight excluding hydrogens is 791 g/mol. The van der Waals surface area contributed by atoms with Crippen LogP contribution in [0.3, 0.4) is 0 Å². The van der Waals surface area contributed by atoms with Crippen molar-refractivity contribution < 1.29 is 55.2 Å². The van der Waals surface area contributed by atoms with Crippen LogP contribution in [0.1, 0.15) is 11.4 Å². The van der Waals surface area contributed by atoms with E-state index >= 15 is 0 Å². The molecule has 0 unspecified atom stereocenters. The number of alkyl halides is 6. The van der Waals surface area contributed by atoms with Crippen LogP contribution in [0.5, 0.6) is 0 Å². The molecule has 2 N–H and O–H groups in total. The van der Waals surface area contributed by atoms with Crippen molar-refractivity contribution in [3.63, 3.8) is 0 Å². The third-order valence-electron chi connectivity index (χ3n) is 5.25. The summed E-state index contributed by atoms with van der Waals surface area (Å²) < 4.78 is 98.9. The Hall–Kier alpha value is -4.82. The Morgan fingerprint density at radius 2 is 1.16 bits per heavy atom. The van der Waals surface area contributed by atoms with Gasteiger partial charge < -0.3 is 25.1 Å². The molecule has 5 heterocycles. The Morgan fingerprint density at radius 1 is 0.622 bits per heavy atom. The predicted molar refractivity (Wildman–Crippen MR) is 140 cm³/mol. The topological polar surface area (TPSA) is 96.0 Å². The Morgan fingerprint density at radius 3 is 1.53 bits per heavy atom. The van der Waals surface area contributed by atoms with Crippen LogP contribution in [0.4, 0.5) is 35.1 Å². The summed E-state index contributed by atoms with van der Waals surface area (Å²) in [4.78, 5) is 11.5. The Kier molecular flexibility index (Phi) is 11.8. The van der Waals surface area contributed by atoms with E-state index in [1.165, 1.54) is 24.5 Å². The molecule has 0 saturated heterocycles. The quantitative estimate of drug-likeness (QED) is 0.144. The summed E-state index contributed by atoms with van der Waals surface area (Å²) in [7, 11) is 0. The fraction of sp³-hybridized carbons (Fsp3) is 0.0690. The van der Waals surface area contributed by atoms with Crippen LogP contribution in [-0.2, 0) is 32.5 Å².